The SMILES string of the molecule is COc1cc(N)c(NC(=O)C2(C)CCCC2)cc1OC. The van der Waals surface area contributed by atoms with Gasteiger partial charge in [0.25, 0.3) is 0 Å². The number of nitrogens with one attached hydrogen (secondary N) is 1. The summed E-state index contributed by atoms with van der Waals surface area (Å²) < 4.78 is 10.4. The van der Waals surface area contributed by atoms with E-state index >= 15 is 0 Å². The van der Waals surface area contributed by atoms with Gasteiger partial charge in [-0.15, -0.1) is 0 Å². The zero-order valence-electron chi connectivity index (χ0n) is 12.3. The lowest BCUT2D eigenvalue weighted by molar-refractivity contribution is -0.124. The maximum Gasteiger partial charge on any atom is 0.230 e. The molecule has 0 atom stereocenters. The van der Waals surface area contributed by atoms with E-state index in [1.807, 2.05) is 6.92 Å². The molecule has 110 valence electrons. The number of benzene rings is 1. The van der Waals surface area contributed by atoms with Gasteiger partial charge in [0, 0.05) is 17.5 Å². The zero-order valence-corrected chi connectivity index (χ0v) is 12.3. The predicted molar refractivity (Wildman–Crippen MR) is 79.2 cm³/mol. The molecule has 1 saturated carbocycles. The van der Waals surface area contributed by atoms with Crippen LogP contribution in [0.4, 0.5) is 11.4 Å². The molecular weight excluding hydrogens is 256 g/mol. The highest BCUT2D eigenvalue weighted by Gasteiger charge is 2.36. The van der Waals surface area contributed by atoms with Crippen LogP contribution in [0.25, 0.3) is 0 Å². The lowest BCUT2D eigenvalue weighted by Crippen LogP contribution is -2.31. The number of nitrogen functional groups attached to an aromatic ring is 1. The van der Waals surface area contributed by atoms with Crippen molar-refractivity contribution < 1.29 is 14.3 Å². The van der Waals surface area contributed by atoms with Crippen molar-refractivity contribution >= 4 is 17.3 Å². The summed E-state index contributed by atoms with van der Waals surface area (Å²) >= 11 is 0. The van der Waals surface area contributed by atoms with Crippen LogP contribution in [-0.4, -0.2) is 20.1 Å². The second kappa shape index (κ2) is 5.61. The van der Waals surface area contributed by atoms with Gasteiger partial charge in [-0.05, 0) is 12.8 Å². The second-order valence-electron chi connectivity index (χ2n) is 5.52. The molecule has 1 aliphatic carbocycles. The quantitative estimate of drug-likeness (QED) is 0.831. The van der Waals surface area contributed by atoms with Gasteiger partial charge in [0.2, 0.25) is 5.91 Å². The van der Waals surface area contributed by atoms with Crippen LogP contribution in [0.3, 0.4) is 0 Å². The fourth-order valence-electron chi connectivity index (χ4n) is 2.66. The Bertz CT molecular complexity index is 508. The van der Waals surface area contributed by atoms with E-state index in [2.05, 4.69) is 5.32 Å². The largest absolute Gasteiger partial charge is 0.493 e. The second-order valence-corrected chi connectivity index (χ2v) is 5.52. The van der Waals surface area contributed by atoms with Gasteiger partial charge in [-0.25, -0.2) is 0 Å². The summed E-state index contributed by atoms with van der Waals surface area (Å²) in [6, 6.07) is 3.36. The van der Waals surface area contributed by atoms with Gasteiger partial charge in [0.05, 0.1) is 25.6 Å². The van der Waals surface area contributed by atoms with E-state index in [-0.39, 0.29) is 11.3 Å². The van der Waals surface area contributed by atoms with Gasteiger partial charge >= 0.3 is 0 Å². The lowest BCUT2D eigenvalue weighted by atomic mass is 9.88. The Hall–Kier alpha value is -1.91. The number of nitrogens with two attached hydrogens (primary N) is 1. The van der Waals surface area contributed by atoms with Crippen LogP contribution in [0.1, 0.15) is 32.6 Å². The lowest BCUT2D eigenvalue weighted by Gasteiger charge is -2.23. The summed E-state index contributed by atoms with van der Waals surface area (Å²) in [6.07, 6.45) is 4.05. The van der Waals surface area contributed by atoms with E-state index in [9.17, 15) is 4.79 Å². The Labute approximate surface area is 119 Å². The monoisotopic (exact) mass is 278 g/mol. The molecule has 1 amide bonds. The summed E-state index contributed by atoms with van der Waals surface area (Å²) in [6.45, 7) is 2.01. The average molecular weight is 278 g/mol. The number of carbonyl (C=O) groups excluding carboxylic acids is 1. The number of hydrogen-bond donors (Lipinski definition) is 2. The molecule has 0 aromatic heterocycles. The van der Waals surface area contributed by atoms with Gasteiger partial charge in [0.1, 0.15) is 0 Å². The van der Waals surface area contributed by atoms with Gasteiger partial charge in [-0.2, -0.15) is 0 Å². The van der Waals surface area contributed by atoms with Gasteiger partial charge in [-0.1, -0.05) is 19.8 Å². The maximum atomic E-state index is 12.4. The molecule has 0 aliphatic heterocycles. The molecule has 1 aromatic carbocycles. The van der Waals surface area contributed by atoms with Crippen molar-refractivity contribution in [1.82, 2.24) is 0 Å². The smallest absolute Gasteiger partial charge is 0.230 e. The normalized spacial score (nSPS) is 16.8. The van der Waals surface area contributed by atoms with Crippen LogP contribution in [-0.2, 0) is 4.79 Å². The van der Waals surface area contributed by atoms with Crippen LogP contribution in [0, 0.1) is 5.41 Å². The van der Waals surface area contributed by atoms with Crippen molar-refractivity contribution in [3.63, 3.8) is 0 Å². The van der Waals surface area contributed by atoms with Crippen LogP contribution >= 0.6 is 0 Å². The third-order valence-electron chi connectivity index (χ3n) is 4.06. The molecule has 0 spiro atoms. The first kappa shape index (κ1) is 14.5. The molecule has 0 saturated heterocycles. The minimum absolute atomic E-state index is 0.0221. The van der Waals surface area contributed by atoms with E-state index in [0.717, 1.165) is 25.7 Å². The van der Waals surface area contributed by atoms with Crippen molar-refractivity contribution in [1.29, 1.82) is 0 Å². The minimum Gasteiger partial charge on any atom is -0.493 e. The van der Waals surface area contributed by atoms with E-state index in [1.54, 1.807) is 26.4 Å². The number of carbonyl (C=O) groups is 1. The molecule has 0 radical (unpaired) electrons. The van der Waals surface area contributed by atoms with E-state index in [4.69, 9.17) is 15.2 Å². The van der Waals surface area contributed by atoms with Crippen molar-refractivity contribution in [3.8, 4) is 11.5 Å². The van der Waals surface area contributed by atoms with Gasteiger partial charge in [0.15, 0.2) is 11.5 Å². The number of ether oxygens (including phenoxy) is 2. The van der Waals surface area contributed by atoms with Crippen LogP contribution in [0.15, 0.2) is 12.1 Å². The van der Waals surface area contributed by atoms with Crippen LogP contribution in [0.5, 0.6) is 11.5 Å². The Morgan fingerprint density at radius 2 is 1.75 bits per heavy atom. The number of rotatable bonds is 4. The first-order valence-electron chi connectivity index (χ1n) is 6.83. The van der Waals surface area contributed by atoms with Gasteiger partial charge < -0.3 is 20.5 Å². The molecule has 0 unspecified atom stereocenters. The Balaban J connectivity index is 2.23. The number of methoxy groups -OCH3 is 2. The fourth-order valence-corrected chi connectivity index (χ4v) is 2.66. The number of anilines is 2. The first-order valence-corrected chi connectivity index (χ1v) is 6.83. The topological polar surface area (TPSA) is 73.6 Å². The molecular formula is C15H22N2O3. The molecule has 1 fully saturated rings. The van der Waals surface area contributed by atoms with E-state index in [1.165, 1.54) is 0 Å². The molecule has 2 rings (SSSR count). The number of hydrogen-bond acceptors (Lipinski definition) is 4. The predicted octanol–water partition coefficient (Wildman–Crippen LogP) is 2.80. The molecule has 1 aromatic rings. The fraction of sp³-hybridized carbons (Fsp3) is 0.533. The summed E-state index contributed by atoms with van der Waals surface area (Å²) in [5, 5.41) is 2.92. The third kappa shape index (κ3) is 2.66. The molecule has 1 aliphatic rings. The average Bonchev–Trinajstić information content (AvgIpc) is 2.88. The van der Waals surface area contributed by atoms with Crippen molar-refractivity contribution in [2.75, 3.05) is 25.3 Å². The van der Waals surface area contributed by atoms with Crippen molar-refractivity contribution in [2.24, 2.45) is 5.41 Å². The molecule has 3 N–H and O–H groups in total. The minimum atomic E-state index is -0.292. The van der Waals surface area contributed by atoms with Crippen LogP contribution in [0.2, 0.25) is 0 Å². The third-order valence-corrected chi connectivity index (χ3v) is 4.06. The zero-order chi connectivity index (χ0) is 14.8. The summed E-state index contributed by atoms with van der Waals surface area (Å²) in [5.74, 6) is 1.12. The maximum absolute atomic E-state index is 12.4. The Kier molecular flexibility index (Phi) is 4.06. The molecule has 20 heavy (non-hydrogen) atoms. The first-order chi connectivity index (χ1) is 9.50. The molecule has 5 heteroatoms. The summed E-state index contributed by atoms with van der Waals surface area (Å²) in [5.41, 5.74) is 6.71. The molecule has 0 bridgehead atoms. The number of amides is 1. The van der Waals surface area contributed by atoms with Crippen molar-refractivity contribution in [3.05, 3.63) is 12.1 Å². The summed E-state index contributed by atoms with van der Waals surface area (Å²) in [7, 11) is 3.10. The van der Waals surface area contributed by atoms with E-state index in [0.29, 0.717) is 22.9 Å². The highest BCUT2D eigenvalue weighted by atomic mass is 16.5. The highest BCUT2D eigenvalue weighted by Crippen LogP contribution is 2.40. The summed E-state index contributed by atoms with van der Waals surface area (Å²) in [4.78, 5) is 12.4. The van der Waals surface area contributed by atoms with Crippen LogP contribution < -0.4 is 20.5 Å². The van der Waals surface area contributed by atoms with Gasteiger partial charge in [-0.3, -0.25) is 4.79 Å². The molecule has 5 nitrogen and oxygen atoms in total. The molecule has 0 heterocycles. The highest BCUT2D eigenvalue weighted by molar-refractivity contribution is 5.98. The Morgan fingerprint density at radius 1 is 1.20 bits per heavy atom. The van der Waals surface area contributed by atoms with Crippen molar-refractivity contribution in [2.45, 2.75) is 32.6 Å². The van der Waals surface area contributed by atoms with E-state index < -0.39 is 0 Å². The Morgan fingerprint density at radius 3 is 2.30 bits per heavy atom. The standard InChI is InChI=1S/C15H22N2O3/c1-15(6-4-5-7-15)14(18)17-11-9-13(20-3)12(19-2)8-10(11)16/h8-9H,4-7,16H2,1-3H3,(H,17,18).